The second-order valence-corrected chi connectivity index (χ2v) is 9.23. The number of hydrogen-bond acceptors (Lipinski definition) is 1. The highest BCUT2D eigenvalue weighted by Gasteiger charge is 2.17. The summed E-state index contributed by atoms with van der Waals surface area (Å²) in [6.07, 6.45) is 31.2. The molecule has 0 spiro atoms. The highest BCUT2D eigenvalue weighted by molar-refractivity contribution is 5.15. The van der Waals surface area contributed by atoms with Gasteiger partial charge in [-0.2, -0.15) is 0 Å². The molecule has 1 fully saturated rings. The van der Waals surface area contributed by atoms with Crippen molar-refractivity contribution in [1.29, 1.82) is 0 Å². The summed E-state index contributed by atoms with van der Waals surface area (Å²) in [4.78, 5) is 2.35. The van der Waals surface area contributed by atoms with Crippen LogP contribution in [0.5, 0.6) is 0 Å². The molecule has 0 bridgehead atoms. The summed E-state index contributed by atoms with van der Waals surface area (Å²) in [5.74, 6) is 0. The van der Waals surface area contributed by atoms with Gasteiger partial charge in [-0.05, 0) is 32.1 Å². The van der Waals surface area contributed by atoms with Gasteiger partial charge in [0.25, 0.3) is 0 Å². The van der Waals surface area contributed by atoms with E-state index in [-0.39, 0.29) is 0 Å². The van der Waals surface area contributed by atoms with E-state index in [2.05, 4.69) is 24.6 Å². The van der Waals surface area contributed by atoms with Gasteiger partial charge in [-0.25, -0.2) is 0 Å². The third-order valence-electron chi connectivity index (χ3n) is 6.51. The Morgan fingerprint density at radius 3 is 1.17 bits per heavy atom. The molecule has 168 valence electrons. The van der Waals surface area contributed by atoms with Crippen LogP contribution in [0.4, 0.5) is 0 Å². The van der Waals surface area contributed by atoms with Gasteiger partial charge in [-0.15, -0.1) is 6.58 Å². The van der Waals surface area contributed by atoms with E-state index in [1.54, 1.807) is 0 Å². The van der Waals surface area contributed by atoms with E-state index in [9.17, 15) is 0 Å². The molecule has 0 radical (unpaired) electrons. The lowest BCUT2D eigenvalue weighted by molar-refractivity contribution is 0.430. The Morgan fingerprint density at radius 2 is 0.828 bits per heavy atom. The summed E-state index contributed by atoms with van der Waals surface area (Å²) in [7, 11) is 0. The number of hydrogen-bond donors (Lipinski definition) is 0. The minimum Gasteiger partial charge on any atom is -0.350 e. The van der Waals surface area contributed by atoms with Crippen LogP contribution >= 0.6 is 0 Å². The minimum absolute atomic E-state index is 1.12. The van der Waals surface area contributed by atoms with E-state index < -0.39 is 0 Å². The van der Waals surface area contributed by atoms with E-state index >= 15 is 0 Å². The molecule has 1 nitrogen and oxygen atoms in total. The van der Waals surface area contributed by atoms with Gasteiger partial charge in [0.2, 0.25) is 0 Å². The van der Waals surface area contributed by atoms with Gasteiger partial charge in [0.1, 0.15) is 0 Å². The summed E-state index contributed by atoms with van der Waals surface area (Å²) < 4.78 is 0. The number of rotatable bonds is 21. The Balaban J connectivity index is 1.69. The van der Waals surface area contributed by atoms with Crippen LogP contribution in [-0.4, -0.2) is 11.4 Å². The molecule has 0 atom stereocenters. The highest BCUT2D eigenvalue weighted by Crippen LogP contribution is 2.28. The van der Waals surface area contributed by atoms with Crippen molar-refractivity contribution in [2.24, 2.45) is 0 Å². The predicted octanol–water partition coefficient (Wildman–Crippen LogP) is 9.71. The SMILES string of the molecule is C=CCCCCCCCCCCCCCCCCCCCCN1C(=C)CCC1=C. The van der Waals surface area contributed by atoms with E-state index in [1.165, 1.54) is 133 Å². The maximum atomic E-state index is 4.15. The largest absolute Gasteiger partial charge is 0.350 e. The molecule has 1 heterocycles. The van der Waals surface area contributed by atoms with E-state index in [1.807, 2.05) is 6.08 Å². The lowest BCUT2D eigenvalue weighted by Gasteiger charge is -2.20. The fourth-order valence-corrected chi connectivity index (χ4v) is 4.49. The second-order valence-electron chi connectivity index (χ2n) is 9.23. The van der Waals surface area contributed by atoms with Gasteiger partial charge in [0.05, 0.1) is 0 Å². The molecular formula is C28H51N. The third-order valence-corrected chi connectivity index (χ3v) is 6.51. The maximum Gasteiger partial charge on any atom is 0.0224 e. The molecule has 1 heteroatoms. The van der Waals surface area contributed by atoms with Crippen molar-refractivity contribution in [2.75, 3.05) is 6.54 Å². The van der Waals surface area contributed by atoms with Crippen LogP contribution in [0.25, 0.3) is 0 Å². The zero-order chi connectivity index (χ0) is 21.0. The summed E-state index contributed by atoms with van der Waals surface area (Å²) >= 11 is 0. The van der Waals surface area contributed by atoms with Crippen molar-refractivity contribution in [2.45, 2.75) is 135 Å². The van der Waals surface area contributed by atoms with Gasteiger partial charge in [0.15, 0.2) is 0 Å². The Morgan fingerprint density at radius 1 is 0.517 bits per heavy atom. The van der Waals surface area contributed by atoms with Gasteiger partial charge in [-0.1, -0.05) is 122 Å². The van der Waals surface area contributed by atoms with Crippen molar-refractivity contribution in [1.82, 2.24) is 4.90 Å². The van der Waals surface area contributed by atoms with Crippen LogP contribution in [0.1, 0.15) is 135 Å². The summed E-state index contributed by atoms with van der Waals surface area (Å²) in [6, 6.07) is 0. The Labute approximate surface area is 183 Å². The maximum absolute atomic E-state index is 4.15. The molecule has 0 unspecified atom stereocenters. The molecule has 0 saturated carbocycles. The number of unbranched alkanes of at least 4 members (excludes halogenated alkanes) is 18. The average Bonchev–Trinajstić information content (AvgIpc) is 3.04. The van der Waals surface area contributed by atoms with Crippen molar-refractivity contribution < 1.29 is 0 Å². The Bertz CT molecular complexity index is 406. The monoisotopic (exact) mass is 401 g/mol. The van der Waals surface area contributed by atoms with Crippen LogP contribution in [-0.2, 0) is 0 Å². The highest BCUT2D eigenvalue weighted by atomic mass is 15.2. The molecule has 0 N–H and O–H groups in total. The smallest absolute Gasteiger partial charge is 0.0224 e. The predicted molar refractivity (Wildman–Crippen MR) is 132 cm³/mol. The average molecular weight is 402 g/mol. The summed E-state index contributed by atoms with van der Waals surface area (Å²) in [6.45, 7) is 13.2. The first kappa shape index (κ1) is 26.1. The van der Waals surface area contributed by atoms with Gasteiger partial charge < -0.3 is 4.90 Å². The summed E-state index contributed by atoms with van der Waals surface area (Å²) in [5, 5.41) is 0. The van der Waals surface area contributed by atoms with Crippen LogP contribution in [0.15, 0.2) is 37.2 Å². The van der Waals surface area contributed by atoms with Gasteiger partial charge >= 0.3 is 0 Å². The van der Waals surface area contributed by atoms with Gasteiger partial charge in [-0.3, -0.25) is 0 Å². The van der Waals surface area contributed by atoms with E-state index in [0.717, 1.165) is 19.4 Å². The molecule has 1 aliphatic rings. The van der Waals surface area contributed by atoms with Crippen LogP contribution in [0.3, 0.4) is 0 Å². The quantitative estimate of drug-likeness (QED) is 0.137. The molecule has 1 aliphatic heterocycles. The topological polar surface area (TPSA) is 3.24 Å². The molecular weight excluding hydrogens is 350 g/mol. The standard InChI is InChI=1S/C28H51N/c1-4-5-6-7-8-9-10-11-12-13-14-15-16-17-18-19-20-21-22-23-26-29-27(2)24-25-28(29)3/h4H,1-3,5-26H2. The zero-order valence-electron chi connectivity index (χ0n) is 19.7. The fraction of sp³-hybridized carbons (Fsp3) is 0.786. The number of nitrogens with zero attached hydrogens (tertiary/aromatic N) is 1. The molecule has 1 saturated heterocycles. The zero-order valence-corrected chi connectivity index (χ0v) is 19.7. The molecule has 0 aromatic heterocycles. The fourth-order valence-electron chi connectivity index (χ4n) is 4.49. The molecule has 29 heavy (non-hydrogen) atoms. The van der Waals surface area contributed by atoms with Crippen LogP contribution < -0.4 is 0 Å². The first-order valence-corrected chi connectivity index (χ1v) is 13.0. The van der Waals surface area contributed by atoms with Crippen molar-refractivity contribution in [3.05, 3.63) is 37.2 Å². The lowest BCUT2D eigenvalue weighted by atomic mass is 10.0. The first-order chi connectivity index (χ1) is 14.3. The van der Waals surface area contributed by atoms with Crippen molar-refractivity contribution in [3.8, 4) is 0 Å². The molecule has 0 amide bonds. The normalized spacial score (nSPS) is 14.1. The number of likely N-dealkylation sites (tertiary alicyclic amines) is 1. The second kappa shape index (κ2) is 19.0. The van der Waals surface area contributed by atoms with Crippen LogP contribution in [0, 0.1) is 0 Å². The van der Waals surface area contributed by atoms with E-state index in [0.29, 0.717) is 0 Å². The van der Waals surface area contributed by atoms with Crippen LogP contribution in [0.2, 0.25) is 0 Å². The third kappa shape index (κ3) is 14.6. The molecule has 0 aromatic rings. The molecule has 0 aromatic carbocycles. The first-order valence-electron chi connectivity index (χ1n) is 13.0. The Kier molecular flexibility index (Phi) is 17.1. The Hall–Kier alpha value is -0.980. The van der Waals surface area contributed by atoms with Crippen molar-refractivity contribution in [3.63, 3.8) is 0 Å². The van der Waals surface area contributed by atoms with E-state index in [4.69, 9.17) is 0 Å². The lowest BCUT2D eigenvalue weighted by Crippen LogP contribution is -2.16. The van der Waals surface area contributed by atoms with Crippen molar-refractivity contribution >= 4 is 0 Å². The number of allylic oxidation sites excluding steroid dienone is 3. The van der Waals surface area contributed by atoms with Gasteiger partial charge in [0, 0.05) is 17.9 Å². The molecule has 0 aliphatic carbocycles. The summed E-state index contributed by atoms with van der Waals surface area (Å²) in [5.41, 5.74) is 2.56. The molecule has 1 rings (SSSR count). The minimum atomic E-state index is 1.12.